The number of likely N-dealkylation sites (tertiary alicyclic amines) is 1. The van der Waals surface area contributed by atoms with E-state index in [1.165, 1.54) is 18.2 Å². The summed E-state index contributed by atoms with van der Waals surface area (Å²) in [6, 6.07) is -3.02. The Hall–Kier alpha value is -4.28. The summed E-state index contributed by atoms with van der Waals surface area (Å²) >= 11 is 1.57. The highest BCUT2D eigenvalue weighted by Crippen LogP contribution is 2.38. The van der Waals surface area contributed by atoms with Crippen LogP contribution in [0.5, 0.6) is 0 Å². The fourth-order valence-corrected chi connectivity index (χ4v) is 7.62. The number of carbonyl (C=O) groups is 6. The smallest absolute Gasteiger partial charge is 0.394 e. The van der Waals surface area contributed by atoms with Crippen LogP contribution in [-0.2, 0) is 66.7 Å². The van der Waals surface area contributed by atoms with Gasteiger partial charge in [-0.2, -0.15) is 0 Å². The second-order valence-corrected chi connectivity index (χ2v) is 16.6. The largest absolute Gasteiger partial charge is 0.469 e. The third-order valence-corrected chi connectivity index (χ3v) is 10.9. The normalized spacial score (nSPS) is 16.8. The number of aliphatic hydroxyl groups is 1. The molecule has 2 aromatic heterocycles. The number of nitrogens with two attached hydrogens (primary N) is 1. The van der Waals surface area contributed by atoms with Gasteiger partial charge in [-0.1, -0.05) is 19.9 Å². The van der Waals surface area contributed by atoms with Crippen molar-refractivity contribution in [2.75, 3.05) is 40.1 Å². The minimum Gasteiger partial charge on any atom is -0.394 e. The molecule has 330 valence electrons. The minimum absolute atomic E-state index is 0.0559. The molecule has 0 unspecified atom stereocenters. The van der Waals surface area contributed by atoms with Crippen molar-refractivity contribution in [2.24, 2.45) is 11.7 Å². The number of aliphatic hydroxyl groups excluding tert-OH is 1. The number of phosphoric ester groups is 1. The average molecular weight is 873 g/mol. The molecule has 6 atom stereocenters. The zero-order chi connectivity index (χ0) is 43.7. The van der Waals surface area contributed by atoms with E-state index >= 15 is 0 Å². The molecule has 23 heteroatoms. The summed E-state index contributed by atoms with van der Waals surface area (Å²) in [5.74, 6) is -4.98. The number of nitrogens with zero attached hydrogens (tertiary/aromatic N) is 3. The van der Waals surface area contributed by atoms with E-state index in [0.29, 0.717) is 51.3 Å². The van der Waals surface area contributed by atoms with Gasteiger partial charge >= 0.3 is 7.82 Å². The number of aryl methyl sites for hydroxylation is 2. The van der Waals surface area contributed by atoms with E-state index in [1.807, 2.05) is 31.4 Å². The van der Waals surface area contributed by atoms with Gasteiger partial charge < -0.3 is 60.8 Å². The highest BCUT2D eigenvalue weighted by atomic mass is 32.1. The van der Waals surface area contributed by atoms with Gasteiger partial charge in [0.15, 0.2) is 0 Å². The van der Waals surface area contributed by atoms with Gasteiger partial charge in [-0.15, -0.1) is 11.3 Å². The monoisotopic (exact) mass is 872 g/mol. The standard InChI is InChI=1S/C36H57N8O13PS/c1-22(2)17-26(40-36(51)29-8-5-11-44(29)30(46)10-13-56-15-14-55-4)33(48)39-27(18-24-19-38-21-43(24)12-9-25-7-6-16-59-25)34(49)41-28(20-45)35(50)42-31(32(37)47)23(3)57-58(52,53)54/h6-7,16,19,21-23,26-29,31,45H,5,8-15,17-18,20H2,1-4H3,(H2,37,47)(H,39,48)(H,40,51)(H,41,49)(H,42,50)(H2,52,53,54)/t23-,26+,27+,28+,29+,31+/m1/s1. The molecule has 1 aliphatic rings. The predicted molar refractivity (Wildman–Crippen MR) is 212 cm³/mol. The Morgan fingerprint density at radius 3 is 2.32 bits per heavy atom. The van der Waals surface area contributed by atoms with Crippen LogP contribution in [0.15, 0.2) is 30.0 Å². The molecule has 3 rings (SSSR count). The van der Waals surface area contributed by atoms with Crippen LogP contribution in [0, 0.1) is 5.92 Å². The summed E-state index contributed by atoms with van der Waals surface area (Å²) < 4.78 is 28.0. The number of rotatable bonds is 26. The molecule has 0 spiro atoms. The third-order valence-electron chi connectivity index (χ3n) is 9.32. The quantitative estimate of drug-likeness (QED) is 0.0404. The Kier molecular flexibility index (Phi) is 20.0. The molecule has 6 amide bonds. The van der Waals surface area contributed by atoms with Gasteiger partial charge in [0.1, 0.15) is 30.2 Å². The first-order valence-corrected chi connectivity index (χ1v) is 21.6. The number of phosphoric acid groups is 1. The van der Waals surface area contributed by atoms with Crippen LogP contribution in [0.4, 0.5) is 0 Å². The Morgan fingerprint density at radius 1 is 1.00 bits per heavy atom. The maximum Gasteiger partial charge on any atom is 0.469 e. The van der Waals surface area contributed by atoms with Gasteiger partial charge in [0, 0.05) is 43.4 Å². The van der Waals surface area contributed by atoms with Crippen molar-refractivity contribution in [1.82, 2.24) is 35.7 Å². The molecule has 3 heterocycles. The fourth-order valence-electron chi connectivity index (χ4n) is 6.37. The van der Waals surface area contributed by atoms with E-state index in [-0.39, 0.29) is 37.7 Å². The molecule has 0 aromatic carbocycles. The predicted octanol–water partition coefficient (Wildman–Crippen LogP) is -1.27. The molecule has 1 fully saturated rings. The molecule has 21 nitrogen and oxygen atoms in total. The maximum atomic E-state index is 14.1. The number of primary amides is 1. The molecule has 59 heavy (non-hydrogen) atoms. The van der Waals surface area contributed by atoms with Gasteiger partial charge in [0.25, 0.3) is 0 Å². The number of carbonyl (C=O) groups excluding carboxylic acids is 6. The van der Waals surface area contributed by atoms with Crippen LogP contribution in [0.25, 0.3) is 0 Å². The molecular weight excluding hydrogens is 815 g/mol. The lowest BCUT2D eigenvalue weighted by atomic mass is 10.0. The van der Waals surface area contributed by atoms with Crippen LogP contribution >= 0.6 is 19.2 Å². The van der Waals surface area contributed by atoms with Crippen molar-refractivity contribution >= 4 is 54.6 Å². The lowest BCUT2D eigenvalue weighted by Crippen LogP contribution is -2.61. The van der Waals surface area contributed by atoms with Crippen molar-refractivity contribution in [3.63, 3.8) is 0 Å². The number of hydrogen-bond donors (Lipinski definition) is 8. The van der Waals surface area contributed by atoms with Crippen LogP contribution < -0.4 is 27.0 Å². The number of hydrogen-bond acceptors (Lipinski definition) is 13. The van der Waals surface area contributed by atoms with Gasteiger partial charge in [0.2, 0.25) is 35.4 Å². The summed E-state index contributed by atoms with van der Waals surface area (Å²) in [5.41, 5.74) is 5.87. The third kappa shape index (κ3) is 16.4. The van der Waals surface area contributed by atoms with Gasteiger partial charge in [-0.25, -0.2) is 9.55 Å². The Morgan fingerprint density at radius 2 is 1.69 bits per heavy atom. The van der Waals surface area contributed by atoms with E-state index < -0.39 is 80.3 Å². The fraction of sp³-hybridized carbons (Fsp3) is 0.639. The highest BCUT2D eigenvalue weighted by Gasteiger charge is 2.38. The summed E-state index contributed by atoms with van der Waals surface area (Å²) in [6.45, 7) is 5.42. The van der Waals surface area contributed by atoms with Crippen LogP contribution in [-0.4, -0.2) is 141 Å². The Bertz CT molecular complexity index is 1740. The van der Waals surface area contributed by atoms with E-state index in [1.54, 1.807) is 22.2 Å². The van der Waals surface area contributed by atoms with Crippen molar-refractivity contribution in [1.29, 1.82) is 0 Å². The number of ether oxygens (including phenoxy) is 2. The minimum atomic E-state index is -5.12. The van der Waals surface area contributed by atoms with Crippen LogP contribution in [0.1, 0.15) is 57.0 Å². The van der Waals surface area contributed by atoms with Gasteiger partial charge in [0.05, 0.1) is 45.3 Å². The molecule has 0 radical (unpaired) electrons. The SMILES string of the molecule is COCCOCCC(=O)N1CCC[C@H]1C(=O)N[C@@H](CC(C)C)C(=O)N[C@@H](Cc1cncn1CCc1cccs1)C(=O)N[C@@H](CO)C(=O)N[C@H](C(N)=O)[C@@H](C)OP(=O)(O)O. The topological polar surface area (TPSA) is 303 Å². The summed E-state index contributed by atoms with van der Waals surface area (Å²) in [4.78, 5) is 105. The molecule has 1 aliphatic heterocycles. The first-order chi connectivity index (χ1) is 27.9. The van der Waals surface area contributed by atoms with E-state index in [9.17, 15) is 48.2 Å². The Labute approximate surface area is 346 Å². The molecule has 0 saturated carbocycles. The summed E-state index contributed by atoms with van der Waals surface area (Å²) in [7, 11) is -3.58. The zero-order valence-electron chi connectivity index (χ0n) is 33.6. The second-order valence-electron chi connectivity index (χ2n) is 14.4. The summed E-state index contributed by atoms with van der Waals surface area (Å²) in [6.07, 6.45) is 3.12. The number of thiophene rings is 1. The number of nitrogens with one attached hydrogen (secondary N) is 4. The Balaban J connectivity index is 1.83. The molecular formula is C36H57N8O13PS. The molecule has 2 aromatic rings. The van der Waals surface area contributed by atoms with Crippen molar-refractivity contribution in [3.8, 4) is 0 Å². The first kappa shape index (κ1) is 49.1. The lowest BCUT2D eigenvalue weighted by Gasteiger charge is -2.29. The molecule has 0 bridgehead atoms. The number of aromatic nitrogens is 2. The van der Waals surface area contributed by atoms with Crippen molar-refractivity contribution in [2.45, 2.75) is 102 Å². The number of amides is 6. The molecule has 1 saturated heterocycles. The average Bonchev–Trinajstić information content (AvgIpc) is 3.96. The summed E-state index contributed by atoms with van der Waals surface area (Å²) in [5, 5.41) is 22.1. The zero-order valence-corrected chi connectivity index (χ0v) is 35.3. The van der Waals surface area contributed by atoms with E-state index in [4.69, 9.17) is 15.2 Å². The van der Waals surface area contributed by atoms with Crippen LogP contribution in [0.2, 0.25) is 0 Å². The maximum absolute atomic E-state index is 14.1. The highest BCUT2D eigenvalue weighted by molar-refractivity contribution is 7.46. The number of methoxy groups -OCH3 is 1. The van der Waals surface area contributed by atoms with Crippen molar-refractivity contribution < 1.29 is 62.2 Å². The number of imidazole rings is 1. The van der Waals surface area contributed by atoms with Gasteiger partial charge in [-0.05, 0) is 50.0 Å². The molecule has 0 aliphatic carbocycles. The van der Waals surface area contributed by atoms with E-state index in [2.05, 4.69) is 30.8 Å². The first-order valence-electron chi connectivity index (χ1n) is 19.2. The van der Waals surface area contributed by atoms with E-state index in [0.717, 1.165) is 11.8 Å². The molecule has 9 N–H and O–H groups in total. The lowest BCUT2D eigenvalue weighted by molar-refractivity contribution is -0.140. The van der Waals surface area contributed by atoms with Gasteiger partial charge in [-0.3, -0.25) is 33.3 Å². The van der Waals surface area contributed by atoms with Crippen molar-refractivity contribution in [3.05, 3.63) is 40.6 Å². The second kappa shape index (κ2) is 24.1. The van der Waals surface area contributed by atoms with Crippen LogP contribution in [0.3, 0.4) is 0 Å².